The Kier molecular flexibility index (Phi) is 6.22. The van der Waals surface area contributed by atoms with Crippen LogP contribution in [0.5, 0.6) is 5.88 Å². The zero-order valence-corrected chi connectivity index (χ0v) is 14.4. The van der Waals surface area contributed by atoms with Crippen LogP contribution in [0.15, 0.2) is 39.3 Å². The Hall–Kier alpha value is -3.47. The predicted molar refractivity (Wildman–Crippen MR) is 94.0 cm³/mol. The van der Waals surface area contributed by atoms with E-state index in [-0.39, 0.29) is 16.8 Å². The molecule has 1 aromatic heterocycles. The van der Waals surface area contributed by atoms with Crippen molar-refractivity contribution in [2.45, 2.75) is 26.7 Å². The van der Waals surface area contributed by atoms with Crippen LogP contribution in [0, 0.1) is 18.3 Å². The van der Waals surface area contributed by atoms with Gasteiger partial charge in [0.05, 0.1) is 17.9 Å². The Morgan fingerprint density at radius 2 is 2.00 bits per heavy atom. The second kappa shape index (κ2) is 8.58. The number of hydrogen-bond acceptors (Lipinski definition) is 7. The number of carbonyl (C=O) groups excluding carboxylic acids is 1. The molecule has 0 saturated heterocycles. The van der Waals surface area contributed by atoms with Gasteiger partial charge >= 0.3 is 5.97 Å². The summed E-state index contributed by atoms with van der Waals surface area (Å²) in [6.07, 6.45) is 1.75. The minimum Gasteiger partial charge on any atom is -0.494 e. The third-order valence-corrected chi connectivity index (χ3v) is 3.63. The number of rotatable bonds is 6. The van der Waals surface area contributed by atoms with Gasteiger partial charge in [-0.05, 0) is 37.6 Å². The molecule has 0 aliphatic carbocycles. The Morgan fingerprint density at radius 1 is 1.31 bits per heavy atom. The smallest absolute Gasteiger partial charge is 0.338 e. The summed E-state index contributed by atoms with van der Waals surface area (Å²) in [5, 5.41) is 26.4. The average Bonchev–Trinajstić information content (AvgIpc) is 2.62. The Bertz CT molecular complexity index is 924. The summed E-state index contributed by atoms with van der Waals surface area (Å²) < 4.78 is 5.11. The molecule has 0 spiro atoms. The number of nitriles is 1. The number of H-pyrrole nitrogens is 1. The zero-order valence-electron chi connectivity index (χ0n) is 14.4. The maximum absolute atomic E-state index is 11.9. The lowest BCUT2D eigenvalue weighted by atomic mass is 10.1. The van der Waals surface area contributed by atoms with Gasteiger partial charge in [0.15, 0.2) is 5.69 Å². The van der Waals surface area contributed by atoms with Crippen LogP contribution in [0.2, 0.25) is 0 Å². The largest absolute Gasteiger partial charge is 0.494 e. The molecule has 0 aliphatic rings. The van der Waals surface area contributed by atoms with Gasteiger partial charge in [0.25, 0.3) is 5.56 Å². The number of pyridine rings is 1. The average molecular weight is 354 g/mol. The van der Waals surface area contributed by atoms with Crippen LogP contribution in [0.4, 0.5) is 11.4 Å². The van der Waals surface area contributed by atoms with E-state index in [1.165, 1.54) is 6.92 Å². The summed E-state index contributed by atoms with van der Waals surface area (Å²) in [5.74, 6) is -0.911. The second-order valence-electron chi connectivity index (χ2n) is 5.50. The van der Waals surface area contributed by atoms with Crippen molar-refractivity contribution >= 4 is 17.3 Å². The molecule has 0 radical (unpaired) electrons. The first-order valence-corrected chi connectivity index (χ1v) is 8.02. The maximum atomic E-state index is 11.9. The number of nitrogens with one attached hydrogen (secondary N) is 1. The number of aromatic amines is 1. The highest BCUT2D eigenvalue weighted by Gasteiger charge is 2.13. The third kappa shape index (κ3) is 4.33. The number of esters is 1. The number of ether oxygens (including phenoxy) is 1. The van der Waals surface area contributed by atoms with Crippen molar-refractivity contribution in [3.05, 3.63) is 51.3 Å². The van der Waals surface area contributed by atoms with Crippen LogP contribution >= 0.6 is 0 Å². The fraction of sp³-hybridized carbons (Fsp3) is 0.278. The number of benzene rings is 1. The molecule has 0 aliphatic heterocycles. The number of aromatic hydroxyl groups is 1. The van der Waals surface area contributed by atoms with Gasteiger partial charge in [-0.1, -0.05) is 13.3 Å². The van der Waals surface area contributed by atoms with Gasteiger partial charge in [-0.15, -0.1) is 5.11 Å². The highest BCUT2D eigenvalue weighted by atomic mass is 16.5. The first-order chi connectivity index (χ1) is 12.5. The summed E-state index contributed by atoms with van der Waals surface area (Å²) in [6, 6.07) is 8.03. The number of carbonyl (C=O) groups is 1. The van der Waals surface area contributed by atoms with Crippen LogP contribution in [-0.2, 0) is 4.74 Å². The van der Waals surface area contributed by atoms with E-state index >= 15 is 0 Å². The molecule has 0 saturated carbocycles. The van der Waals surface area contributed by atoms with Crippen molar-refractivity contribution < 1.29 is 14.6 Å². The fourth-order valence-electron chi connectivity index (χ4n) is 2.12. The lowest BCUT2D eigenvalue weighted by Crippen LogP contribution is -2.08. The topological polar surface area (TPSA) is 128 Å². The minimum atomic E-state index is -0.654. The Labute approximate surface area is 149 Å². The molecule has 2 N–H and O–H groups in total. The standard InChI is InChI=1S/C18H18N4O4/c1-3-4-9-26-18(25)12-5-7-13(8-6-12)21-22-15-11(2)14(10-19)16(23)20-17(15)24/h5-8H,3-4,9H2,1-2H3,(H2,20,23,24). The molecule has 8 heteroatoms. The zero-order chi connectivity index (χ0) is 19.1. The molecule has 8 nitrogen and oxygen atoms in total. The molecular formula is C18H18N4O4. The molecular weight excluding hydrogens is 336 g/mol. The van der Waals surface area contributed by atoms with Crippen LogP contribution in [0.3, 0.4) is 0 Å². The molecule has 0 fully saturated rings. The van der Waals surface area contributed by atoms with Crippen LogP contribution < -0.4 is 5.56 Å². The molecule has 2 rings (SSSR count). The predicted octanol–water partition coefficient (Wildman–Crippen LogP) is 3.63. The van der Waals surface area contributed by atoms with Gasteiger partial charge < -0.3 is 9.84 Å². The number of aromatic nitrogens is 1. The monoisotopic (exact) mass is 354 g/mol. The maximum Gasteiger partial charge on any atom is 0.338 e. The molecule has 2 aromatic rings. The lowest BCUT2D eigenvalue weighted by molar-refractivity contribution is 0.0500. The van der Waals surface area contributed by atoms with Crippen molar-refractivity contribution in [3.8, 4) is 11.9 Å². The first-order valence-electron chi connectivity index (χ1n) is 8.02. The fourth-order valence-corrected chi connectivity index (χ4v) is 2.12. The van der Waals surface area contributed by atoms with Crippen LogP contribution in [0.1, 0.15) is 41.3 Å². The molecule has 1 heterocycles. The van der Waals surface area contributed by atoms with E-state index in [4.69, 9.17) is 10.00 Å². The molecule has 0 atom stereocenters. The van der Waals surface area contributed by atoms with Gasteiger partial charge in [-0.2, -0.15) is 10.4 Å². The van der Waals surface area contributed by atoms with Gasteiger partial charge in [0.1, 0.15) is 11.6 Å². The molecule has 0 amide bonds. The van der Waals surface area contributed by atoms with E-state index in [2.05, 4.69) is 15.2 Å². The van der Waals surface area contributed by atoms with Crippen molar-refractivity contribution in [2.24, 2.45) is 10.2 Å². The number of hydrogen-bond donors (Lipinski definition) is 2. The van der Waals surface area contributed by atoms with Gasteiger partial charge in [-0.25, -0.2) is 4.79 Å². The second-order valence-corrected chi connectivity index (χ2v) is 5.50. The Balaban J connectivity index is 2.19. The minimum absolute atomic E-state index is 0.0660. The normalized spacial score (nSPS) is 10.7. The highest BCUT2D eigenvalue weighted by molar-refractivity contribution is 5.89. The summed E-state index contributed by atoms with van der Waals surface area (Å²) in [4.78, 5) is 25.9. The number of azo groups is 1. The quantitative estimate of drug-likeness (QED) is 0.465. The van der Waals surface area contributed by atoms with E-state index in [1.807, 2.05) is 6.92 Å². The van der Waals surface area contributed by atoms with Gasteiger partial charge in [0, 0.05) is 5.56 Å². The van der Waals surface area contributed by atoms with E-state index < -0.39 is 17.4 Å². The van der Waals surface area contributed by atoms with Crippen LogP contribution in [-0.4, -0.2) is 22.7 Å². The van der Waals surface area contributed by atoms with Crippen molar-refractivity contribution in [2.75, 3.05) is 6.61 Å². The van der Waals surface area contributed by atoms with Gasteiger partial charge in [0.2, 0.25) is 5.88 Å². The number of nitrogens with zero attached hydrogens (tertiary/aromatic N) is 3. The third-order valence-electron chi connectivity index (χ3n) is 3.63. The van der Waals surface area contributed by atoms with E-state index in [0.29, 0.717) is 17.9 Å². The molecule has 0 unspecified atom stereocenters. The lowest BCUT2D eigenvalue weighted by Gasteiger charge is -2.04. The number of unbranched alkanes of at least 4 members (excludes halogenated alkanes) is 1. The highest BCUT2D eigenvalue weighted by Crippen LogP contribution is 2.24. The summed E-state index contributed by atoms with van der Waals surface area (Å²) in [7, 11) is 0. The summed E-state index contributed by atoms with van der Waals surface area (Å²) in [6.45, 7) is 3.88. The van der Waals surface area contributed by atoms with Crippen LogP contribution in [0.25, 0.3) is 0 Å². The van der Waals surface area contributed by atoms with Gasteiger partial charge in [-0.3, -0.25) is 9.78 Å². The van der Waals surface area contributed by atoms with E-state index in [9.17, 15) is 14.7 Å². The van der Waals surface area contributed by atoms with Crippen molar-refractivity contribution in [3.63, 3.8) is 0 Å². The molecule has 0 bridgehead atoms. The Morgan fingerprint density at radius 3 is 2.62 bits per heavy atom. The van der Waals surface area contributed by atoms with Crippen molar-refractivity contribution in [1.29, 1.82) is 5.26 Å². The summed E-state index contributed by atoms with van der Waals surface area (Å²) in [5.41, 5.74) is 0.254. The first kappa shape index (κ1) is 18.9. The van der Waals surface area contributed by atoms with Crippen molar-refractivity contribution in [1.82, 2.24) is 4.98 Å². The summed E-state index contributed by atoms with van der Waals surface area (Å²) >= 11 is 0. The SMILES string of the molecule is CCCCOC(=O)c1ccc(N=Nc2c(C)c(C#N)c(O)[nH]c2=O)cc1. The van der Waals surface area contributed by atoms with E-state index in [0.717, 1.165) is 12.8 Å². The molecule has 134 valence electrons. The van der Waals surface area contributed by atoms with E-state index in [1.54, 1.807) is 30.3 Å². The molecule has 1 aromatic carbocycles. The molecule has 26 heavy (non-hydrogen) atoms.